The number of methoxy groups -OCH3 is 1. The summed E-state index contributed by atoms with van der Waals surface area (Å²) in [7, 11) is 1.11. The lowest BCUT2D eigenvalue weighted by Gasteiger charge is -2.26. The Labute approximate surface area is 80.7 Å². The summed E-state index contributed by atoms with van der Waals surface area (Å²) in [5, 5.41) is 35.9. The molecule has 4 atom stereocenters. The Morgan fingerprint density at radius 1 is 1.43 bits per heavy atom. The third kappa shape index (κ3) is 3.20. The molecule has 0 rings (SSSR count). The van der Waals surface area contributed by atoms with Gasteiger partial charge in [-0.2, -0.15) is 0 Å². The van der Waals surface area contributed by atoms with Crippen molar-refractivity contribution in [1.29, 1.82) is 0 Å². The third-order valence-electron chi connectivity index (χ3n) is 1.81. The van der Waals surface area contributed by atoms with Crippen LogP contribution < -0.4 is 5.73 Å². The lowest BCUT2D eigenvalue weighted by Crippen LogP contribution is -2.50. The van der Waals surface area contributed by atoms with E-state index >= 15 is 0 Å². The summed E-state index contributed by atoms with van der Waals surface area (Å²) in [4.78, 5) is 10.4. The van der Waals surface area contributed by atoms with Crippen LogP contribution in [0.5, 0.6) is 0 Å². The highest BCUT2D eigenvalue weighted by atomic mass is 16.5. The smallest absolute Gasteiger partial charge is 0.335 e. The Kier molecular flexibility index (Phi) is 5.58. The molecule has 0 aromatic heterocycles. The maximum absolute atomic E-state index is 10.4. The van der Waals surface area contributed by atoms with Gasteiger partial charge in [-0.25, -0.2) is 4.79 Å². The van der Waals surface area contributed by atoms with Gasteiger partial charge in [0.15, 0.2) is 6.10 Å². The fourth-order valence-corrected chi connectivity index (χ4v) is 0.954. The Morgan fingerprint density at radius 2 is 1.93 bits per heavy atom. The zero-order valence-electron chi connectivity index (χ0n) is 7.70. The van der Waals surface area contributed by atoms with Crippen molar-refractivity contribution in [2.45, 2.75) is 24.4 Å². The lowest BCUT2D eigenvalue weighted by atomic mass is 10.0. The van der Waals surface area contributed by atoms with E-state index in [2.05, 4.69) is 4.74 Å². The van der Waals surface area contributed by atoms with Gasteiger partial charge in [0.2, 0.25) is 0 Å². The average Bonchev–Trinajstić information content (AvgIpc) is 2.17. The molecule has 0 amide bonds. The summed E-state index contributed by atoms with van der Waals surface area (Å²) in [6, 6.07) is 0. The quantitative estimate of drug-likeness (QED) is 0.317. The SMILES string of the molecule is CO[C@@H]([C@@H](O)[C@@H](O)CN)[C@H](O)C(=O)O. The van der Waals surface area contributed by atoms with E-state index in [0.29, 0.717) is 0 Å². The number of carboxylic acid groups (broad SMARTS) is 1. The van der Waals surface area contributed by atoms with Crippen molar-refractivity contribution in [1.82, 2.24) is 0 Å². The van der Waals surface area contributed by atoms with Crippen LogP contribution in [0, 0.1) is 0 Å². The van der Waals surface area contributed by atoms with Crippen molar-refractivity contribution >= 4 is 5.97 Å². The Bertz CT molecular complexity index is 187. The van der Waals surface area contributed by atoms with Crippen LogP contribution in [0.3, 0.4) is 0 Å². The maximum Gasteiger partial charge on any atom is 0.335 e. The molecule has 0 saturated carbocycles. The molecule has 0 heterocycles. The Hall–Kier alpha value is -0.730. The van der Waals surface area contributed by atoms with Crippen molar-refractivity contribution in [3.8, 4) is 0 Å². The van der Waals surface area contributed by atoms with Gasteiger partial charge in [-0.05, 0) is 0 Å². The van der Waals surface area contributed by atoms with Gasteiger partial charge in [-0.1, -0.05) is 0 Å². The van der Waals surface area contributed by atoms with Crippen molar-refractivity contribution < 1.29 is 30.0 Å². The third-order valence-corrected chi connectivity index (χ3v) is 1.81. The largest absolute Gasteiger partial charge is 0.479 e. The van der Waals surface area contributed by atoms with Crippen LogP contribution in [0.15, 0.2) is 0 Å². The molecule has 0 radical (unpaired) electrons. The lowest BCUT2D eigenvalue weighted by molar-refractivity contribution is -0.166. The van der Waals surface area contributed by atoms with Crippen molar-refractivity contribution in [3.05, 3.63) is 0 Å². The Morgan fingerprint density at radius 3 is 2.21 bits per heavy atom. The highest BCUT2D eigenvalue weighted by molar-refractivity contribution is 5.72. The summed E-state index contributed by atoms with van der Waals surface area (Å²) in [5.74, 6) is -1.54. The van der Waals surface area contributed by atoms with Gasteiger partial charge in [0, 0.05) is 13.7 Å². The maximum atomic E-state index is 10.4. The van der Waals surface area contributed by atoms with Gasteiger partial charge >= 0.3 is 5.97 Å². The van der Waals surface area contributed by atoms with Crippen LogP contribution >= 0.6 is 0 Å². The minimum absolute atomic E-state index is 0.257. The first kappa shape index (κ1) is 13.3. The minimum Gasteiger partial charge on any atom is -0.479 e. The first-order valence-electron chi connectivity index (χ1n) is 3.95. The molecule has 0 saturated heterocycles. The normalized spacial score (nSPS) is 19.8. The molecular formula is C7H15NO6. The van der Waals surface area contributed by atoms with Crippen molar-refractivity contribution in [2.75, 3.05) is 13.7 Å². The molecule has 0 spiro atoms. The monoisotopic (exact) mass is 209 g/mol. The number of hydrogen-bond donors (Lipinski definition) is 5. The molecule has 0 aliphatic heterocycles. The summed E-state index contributed by atoms with van der Waals surface area (Å²) in [5.41, 5.74) is 5.05. The fraction of sp³-hybridized carbons (Fsp3) is 0.857. The topological polar surface area (TPSA) is 133 Å². The molecule has 0 unspecified atom stereocenters. The number of aliphatic hydroxyl groups is 3. The van der Waals surface area contributed by atoms with Gasteiger partial charge in [0.05, 0.1) is 6.10 Å². The van der Waals surface area contributed by atoms with Crippen LogP contribution in [0.2, 0.25) is 0 Å². The van der Waals surface area contributed by atoms with Gasteiger partial charge in [0.25, 0.3) is 0 Å². The van der Waals surface area contributed by atoms with Crippen molar-refractivity contribution in [3.63, 3.8) is 0 Å². The molecule has 0 aromatic rings. The van der Waals surface area contributed by atoms with Crippen LogP contribution in [-0.4, -0.2) is 64.5 Å². The second-order valence-electron chi connectivity index (χ2n) is 2.78. The number of ether oxygens (including phenoxy) is 1. The number of aliphatic hydroxyl groups excluding tert-OH is 3. The zero-order chi connectivity index (χ0) is 11.3. The molecule has 6 N–H and O–H groups in total. The van der Waals surface area contributed by atoms with Crippen LogP contribution in [0.4, 0.5) is 0 Å². The second kappa shape index (κ2) is 5.89. The molecule has 0 fully saturated rings. The molecule has 7 nitrogen and oxygen atoms in total. The predicted molar refractivity (Wildman–Crippen MR) is 45.5 cm³/mol. The average molecular weight is 209 g/mol. The molecule has 0 aliphatic carbocycles. The Balaban J connectivity index is 4.46. The highest BCUT2D eigenvalue weighted by Gasteiger charge is 2.35. The van der Waals surface area contributed by atoms with Gasteiger partial charge in [0.1, 0.15) is 12.2 Å². The van der Waals surface area contributed by atoms with E-state index in [9.17, 15) is 9.90 Å². The number of carboxylic acids is 1. The summed E-state index contributed by atoms with van der Waals surface area (Å²) >= 11 is 0. The predicted octanol–water partition coefficient (Wildman–Crippen LogP) is -2.87. The molecule has 0 aromatic carbocycles. The number of hydrogen-bond acceptors (Lipinski definition) is 6. The summed E-state index contributed by atoms with van der Waals surface area (Å²) < 4.78 is 4.56. The number of nitrogens with two attached hydrogens (primary N) is 1. The van der Waals surface area contributed by atoms with Gasteiger partial charge in [-0.15, -0.1) is 0 Å². The first-order chi connectivity index (χ1) is 6.45. The van der Waals surface area contributed by atoms with Crippen LogP contribution in [-0.2, 0) is 9.53 Å². The number of carbonyl (C=O) groups is 1. The van der Waals surface area contributed by atoms with E-state index in [4.69, 9.17) is 21.1 Å². The highest BCUT2D eigenvalue weighted by Crippen LogP contribution is 2.08. The number of rotatable bonds is 6. The first-order valence-corrected chi connectivity index (χ1v) is 3.95. The molecule has 84 valence electrons. The fourth-order valence-electron chi connectivity index (χ4n) is 0.954. The molecule has 0 aliphatic rings. The van der Waals surface area contributed by atoms with E-state index in [1.54, 1.807) is 0 Å². The van der Waals surface area contributed by atoms with Crippen molar-refractivity contribution in [2.24, 2.45) is 5.73 Å². The molecule has 0 bridgehead atoms. The van der Waals surface area contributed by atoms with E-state index in [1.165, 1.54) is 0 Å². The summed E-state index contributed by atoms with van der Waals surface area (Å²) in [6.07, 6.45) is -6.20. The molecule has 14 heavy (non-hydrogen) atoms. The van der Waals surface area contributed by atoms with E-state index in [-0.39, 0.29) is 6.54 Å². The second-order valence-corrected chi connectivity index (χ2v) is 2.78. The van der Waals surface area contributed by atoms with Gasteiger partial charge < -0.3 is 30.9 Å². The summed E-state index contributed by atoms with van der Waals surface area (Å²) in [6.45, 7) is -0.257. The standard InChI is InChI=1S/C7H15NO6/c1-14-6(5(11)7(12)13)4(10)3(9)2-8/h3-6,9-11H,2,8H2,1H3,(H,12,13)/t3-,4-,5-,6-/m0/s1. The van der Waals surface area contributed by atoms with E-state index < -0.39 is 30.4 Å². The van der Waals surface area contributed by atoms with Crippen LogP contribution in [0.1, 0.15) is 0 Å². The van der Waals surface area contributed by atoms with E-state index in [0.717, 1.165) is 7.11 Å². The minimum atomic E-state index is -1.91. The zero-order valence-corrected chi connectivity index (χ0v) is 7.70. The molecule has 7 heteroatoms. The van der Waals surface area contributed by atoms with Crippen LogP contribution in [0.25, 0.3) is 0 Å². The number of aliphatic carboxylic acids is 1. The van der Waals surface area contributed by atoms with Gasteiger partial charge in [-0.3, -0.25) is 0 Å². The van der Waals surface area contributed by atoms with E-state index in [1.807, 2.05) is 0 Å². The molecular weight excluding hydrogens is 194 g/mol.